The summed E-state index contributed by atoms with van der Waals surface area (Å²) in [7, 11) is 0. The molecule has 0 saturated carbocycles. The van der Waals surface area contributed by atoms with Crippen molar-refractivity contribution in [2.75, 3.05) is 0 Å². The van der Waals surface area contributed by atoms with Crippen molar-refractivity contribution in [2.45, 2.75) is 41.2 Å². The van der Waals surface area contributed by atoms with Crippen molar-refractivity contribution in [3.63, 3.8) is 0 Å². The maximum atomic E-state index is 14.0. The van der Waals surface area contributed by atoms with Crippen molar-refractivity contribution in [3.05, 3.63) is 79.8 Å². The lowest BCUT2D eigenvalue weighted by Crippen LogP contribution is -2.30. The molecule has 0 radical (unpaired) electrons. The Kier molecular flexibility index (Phi) is 5.21. The monoisotopic (exact) mass is 392 g/mol. The fourth-order valence-corrected chi connectivity index (χ4v) is 3.40. The molecule has 0 saturated heterocycles. The highest BCUT2D eigenvalue weighted by atomic mass is 19.1. The second-order valence-electron chi connectivity index (χ2n) is 7.14. The minimum absolute atomic E-state index is 0.00842. The summed E-state index contributed by atoms with van der Waals surface area (Å²) in [5.74, 6) is -0.628. The Balaban J connectivity index is 2.02. The molecule has 0 bridgehead atoms. The van der Waals surface area contributed by atoms with E-state index in [4.69, 9.17) is 0 Å². The van der Waals surface area contributed by atoms with Gasteiger partial charge in [-0.15, -0.1) is 0 Å². The maximum absolute atomic E-state index is 14.0. The van der Waals surface area contributed by atoms with E-state index < -0.39 is 5.56 Å². The molecule has 0 atom stereocenters. The van der Waals surface area contributed by atoms with Crippen molar-refractivity contribution >= 4 is 5.78 Å². The van der Waals surface area contributed by atoms with Crippen LogP contribution in [0.3, 0.4) is 0 Å². The van der Waals surface area contributed by atoms with Crippen molar-refractivity contribution < 1.29 is 9.18 Å². The molecule has 0 spiro atoms. The van der Waals surface area contributed by atoms with Gasteiger partial charge < -0.3 is 4.57 Å². The zero-order valence-electron chi connectivity index (χ0n) is 17.0. The van der Waals surface area contributed by atoms with E-state index in [1.807, 2.05) is 13.0 Å². The number of halogens is 1. The molecule has 0 aliphatic carbocycles. The zero-order chi connectivity index (χ0) is 21.5. The molecule has 3 rings (SSSR count). The van der Waals surface area contributed by atoms with E-state index in [2.05, 4.69) is 5.10 Å². The van der Waals surface area contributed by atoms with Crippen LogP contribution in [0.5, 0.6) is 0 Å². The third-order valence-corrected chi connectivity index (χ3v) is 5.19. The fraction of sp³-hybridized carbons (Fsp3) is 0.273. The molecule has 0 N–H and O–H groups in total. The number of rotatable bonds is 4. The van der Waals surface area contributed by atoms with Gasteiger partial charge in [-0.3, -0.25) is 9.59 Å². The van der Waals surface area contributed by atoms with Gasteiger partial charge in [-0.1, -0.05) is 6.07 Å². The van der Waals surface area contributed by atoms with Crippen molar-refractivity contribution in [2.24, 2.45) is 0 Å². The van der Waals surface area contributed by atoms with Crippen LogP contribution in [0.4, 0.5) is 4.39 Å². The summed E-state index contributed by atoms with van der Waals surface area (Å²) in [6.45, 7) is 8.36. The third kappa shape index (κ3) is 3.49. The standard InChI is InChI=1S/C22H21FN4O2/c1-12-6-7-17(9-20(12)23)27-13(2)8-18(16(27)5)21(28)11-26-22(29)19(10-24)14(3)15(4)25-26/h6-9H,11H2,1-5H3. The summed E-state index contributed by atoms with van der Waals surface area (Å²) in [6, 6.07) is 8.51. The first kappa shape index (κ1) is 20.2. The fourth-order valence-electron chi connectivity index (χ4n) is 3.40. The Morgan fingerprint density at radius 3 is 2.48 bits per heavy atom. The normalized spacial score (nSPS) is 10.8. The number of aryl methyl sites for hydroxylation is 3. The summed E-state index contributed by atoms with van der Waals surface area (Å²) >= 11 is 0. The second-order valence-corrected chi connectivity index (χ2v) is 7.14. The van der Waals surface area contributed by atoms with Gasteiger partial charge in [0.1, 0.15) is 24.0 Å². The van der Waals surface area contributed by atoms with Gasteiger partial charge in [0.2, 0.25) is 0 Å². The topological polar surface area (TPSA) is 80.7 Å². The SMILES string of the molecule is Cc1ccc(-n2c(C)cc(C(=O)Cn3nc(C)c(C)c(C#N)c3=O)c2C)cc1F. The summed E-state index contributed by atoms with van der Waals surface area (Å²) < 4.78 is 16.8. The summed E-state index contributed by atoms with van der Waals surface area (Å²) in [5.41, 5.74) is 3.45. The molecule has 1 aromatic carbocycles. The molecule has 0 aliphatic heterocycles. The van der Waals surface area contributed by atoms with E-state index in [1.165, 1.54) is 6.07 Å². The van der Waals surface area contributed by atoms with Crippen molar-refractivity contribution in [1.82, 2.24) is 14.3 Å². The van der Waals surface area contributed by atoms with E-state index in [-0.39, 0.29) is 23.7 Å². The minimum Gasteiger partial charge on any atom is -0.318 e. The Bertz CT molecular complexity index is 1250. The first-order chi connectivity index (χ1) is 13.6. The molecule has 3 aromatic rings. The number of hydrogen-bond donors (Lipinski definition) is 0. The number of hydrogen-bond acceptors (Lipinski definition) is 4. The van der Waals surface area contributed by atoms with Crippen molar-refractivity contribution in [3.8, 4) is 11.8 Å². The lowest BCUT2D eigenvalue weighted by Gasteiger charge is -2.11. The van der Waals surface area contributed by atoms with Gasteiger partial charge in [0, 0.05) is 22.6 Å². The van der Waals surface area contributed by atoms with Crippen LogP contribution < -0.4 is 5.56 Å². The van der Waals surface area contributed by atoms with Crippen LogP contribution in [0.15, 0.2) is 29.1 Å². The largest absolute Gasteiger partial charge is 0.318 e. The highest BCUT2D eigenvalue weighted by Gasteiger charge is 2.20. The van der Waals surface area contributed by atoms with Gasteiger partial charge in [-0.2, -0.15) is 10.4 Å². The van der Waals surface area contributed by atoms with Gasteiger partial charge in [0.15, 0.2) is 5.78 Å². The maximum Gasteiger partial charge on any atom is 0.285 e. The lowest BCUT2D eigenvalue weighted by atomic mass is 10.1. The molecule has 7 heteroatoms. The molecule has 0 fully saturated rings. The van der Waals surface area contributed by atoms with Crippen molar-refractivity contribution in [1.29, 1.82) is 5.26 Å². The lowest BCUT2D eigenvalue weighted by molar-refractivity contribution is 0.0965. The molecule has 0 amide bonds. The first-order valence-electron chi connectivity index (χ1n) is 9.12. The molecule has 2 heterocycles. The summed E-state index contributed by atoms with van der Waals surface area (Å²) in [6.07, 6.45) is 0. The average Bonchev–Trinajstić information content (AvgIpc) is 2.97. The Labute approximate surface area is 167 Å². The van der Waals surface area contributed by atoms with E-state index in [9.17, 15) is 19.2 Å². The van der Waals surface area contributed by atoms with Crippen LogP contribution in [0.25, 0.3) is 5.69 Å². The van der Waals surface area contributed by atoms with Crippen LogP contribution in [0, 0.1) is 51.8 Å². The molecule has 2 aromatic heterocycles. The predicted molar refractivity (Wildman–Crippen MR) is 107 cm³/mol. The molecule has 6 nitrogen and oxygen atoms in total. The first-order valence-corrected chi connectivity index (χ1v) is 9.12. The second kappa shape index (κ2) is 7.47. The van der Waals surface area contributed by atoms with E-state index in [1.54, 1.807) is 50.5 Å². The number of benzene rings is 1. The molecular formula is C22H21FN4O2. The van der Waals surface area contributed by atoms with Crippen LogP contribution >= 0.6 is 0 Å². The molecule has 148 valence electrons. The minimum atomic E-state index is -0.585. The molecule has 0 aliphatic rings. The highest BCUT2D eigenvalue weighted by molar-refractivity contribution is 5.97. The smallest absolute Gasteiger partial charge is 0.285 e. The van der Waals surface area contributed by atoms with Gasteiger partial charge in [0.25, 0.3) is 5.56 Å². The Hall–Kier alpha value is -3.53. The predicted octanol–water partition coefficient (Wildman–Crippen LogP) is 3.47. The number of carbonyl (C=O) groups is 1. The van der Waals surface area contributed by atoms with Crippen LogP contribution in [0.2, 0.25) is 0 Å². The third-order valence-electron chi connectivity index (χ3n) is 5.19. The van der Waals surface area contributed by atoms with Crippen LogP contribution in [-0.4, -0.2) is 20.1 Å². The van der Waals surface area contributed by atoms with Gasteiger partial charge >= 0.3 is 0 Å². The number of ketones is 1. The summed E-state index contributed by atoms with van der Waals surface area (Å²) in [4.78, 5) is 25.4. The van der Waals surface area contributed by atoms with E-state index in [0.717, 1.165) is 10.4 Å². The number of nitrogens with zero attached hydrogens (tertiary/aromatic N) is 4. The van der Waals surface area contributed by atoms with Crippen LogP contribution in [-0.2, 0) is 6.54 Å². The van der Waals surface area contributed by atoms with Gasteiger partial charge in [-0.05, 0) is 63.9 Å². The Morgan fingerprint density at radius 1 is 1.17 bits per heavy atom. The van der Waals surface area contributed by atoms with E-state index in [0.29, 0.717) is 33.8 Å². The number of nitriles is 1. The quantitative estimate of drug-likeness (QED) is 0.637. The molecular weight excluding hydrogens is 371 g/mol. The van der Waals surface area contributed by atoms with Crippen LogP contribution in [0.1, 0.15) is 44.1 Å². The van der Waals surface area contributed by atoms with E-state index >= 15 is 0 Å². The average molecular weight is 392 g/mol. The molecule has 29 heavy (non-hydrogen) atoms. The Morgan fingerprint density at radius 2 is 1.86 bits per heavy atom. The van der Waals surface area contributed by atoms with Gasteiger partial charge in [0.05, 0.1) is 5.69 Å². The molecule has 0 unspecified atom stereocenters. The highest BCUT2D eigenvalue weighted by Crippen LogP contribution is 2.23. The number of aromatic nitrogens is 3. The number of carbonyl (C=O) groups excluding carboxylic acids is 1. The van der Waals surface area contributed by atoms with Gasteiger partial charge in [-0.25, -0.2) is 9.07 Å². The summed E-state index contributed by atoms with van der Waals surface area (Å²) in [5, 5.41) is 13.4. The zero-order valence-corrected chi connectivity index (χ0v) is 17.0. The number of Topliss-reactive ketones (excluding diaryl/α,β-unsaturated/α-hetero) is 1.